The number of carbonyl (C=O) groups excluding carboxylic acids is 2. The third kappa shape index (κ3) is 8.57. The summed E-state index contributed by atoms with van der Waals surface area (Å²) in [5, 5.41) is 30.3. The van der Waals surface area contributed by atoms with Gasteiger partial charge in [-0.25, -0.2) is 14.4 Å². The maximum Gasteiger partial charge on any atom is 0.490 e. The molecule has 6 N–H and O–H groups in total. The number of anilines is 2. The summed E-state index contributed by atoms with van der Waals surface area (Å²) in [4.78, 5) is 47.1. The molecule has 4 rings (SSSR count). The van der Waals surface area contributed by atoms with Crippen molar-refractivity contribution in [2.75, 3.05) is 23.7 Å². The summed E-state index contributed by atoms with van der Waals surface area (Å²) in [7, 11) is 0. The van der Waals surface area contributed by atoms with E-state index in [-0.39, 0.29) is 17.2 Å². The number of carboxylic acid groups (broad SMARTS) is 2. The molecule has 3 aromatic carbocycles. The van der Waals surface area contributed by atoms with Gasteiger partial charge in [0.2, 0.25) is 0 Å². The second kappa shape index (κ2) is 14.0. The number of aliphatic carboxylic acids is 2. The number of benzene rings is 3. The highest BCUT2D eigenvalue weighted by Crippen LogP contribution is 2.28. The monoisotopic (exact) mass is 608 g/mol. The van der Waals surface area contributed by atoms with Crippen LogP contribution >= 0.6 is 11.6 Å². The number of para-hydroxylation sites is 1. The van der Waals surface area contributed by atoms with Crippen molar-refractivity contribution in [3.63, 3.8) is 0 Å². The zero-order valence-electron chi connectivity index (χ0n) is 22.2. The van der Waals surface area contributed by atoms with Gasteiger partial charge in [0.15, 0.2) is 0 Å². The molecule has 0 saturated carbocycles. The van der Waals surface area contributed by atoms with Gasteiger partial charge < -0.3 is 31.5 Å². The van der Waals surface area contributed by atoms with Gasteiger partial charge in [0.05, 0.1) is 22.0 Å². The number of fused-ring (bicyclic) bond motifs is 1. The average Bonchev–Trinajstić information content (AvgIpc) is 2.93. The summed E-state index contributed by atoms with van der Waals surface area (Å²) in [5.41, 5.74) is 1.68. The largest absolute Gasteiger partial charge is 0.490 e. The van der Waals surface area contributed by atoms with E-state index >= 15 is 0 Å². The standard InChI is InChI=1S/C26H27ClN4O4.C2HF3O2/c1-15-6-4-10-20(27)22(15)31-26(35)29-21-13-17-8-3-2-7-16(17)12-19(21)24(32)30-23(25(33)34)18-9-5-11-28-14-18;3-2(4,5)1(6)7/h2-4,6-8,10,12-13,18,23,28H,5,9,11,14H2,1H3,(H,30,32)(H,33,34)(H2,29,31,35);(H,6,7). The first-order valence-electron chi connectivity index (χ1n) is 12.7. The molecule has 0 aromatic heterocycles. The van der Waals surface area contributed by atoms with Crippen molar-refractivity contribution >= 4 is 57.6 Å². The Kier molecular flexibility index (Phi) is 10.7. The molecule has 2 atom stereocenters. The molecule has 1 aliphatic rings. The van der Waals surface area contributed by atoms with E-state index in [1.165, 1.54) is 0 Å². The first-order chi connectivity index (χ1) is 19.8. The molecule has 42 heavy (non-hydrogen) atoms. The van der Waals surface area contributed by atoms with Gasteiger partial charge in [-0.1, -0.05) is 48.0 Å². The van der Waals surface area contributed by atoms with E-state index in [1.54, 1.807) is 24.3 Å². The molecular formula is C28H28ClF3N4O6. The predicted octanol–water partition coefficient (Wildman–Crippen LogP) is 5.26. The molecule has 10 nitrogen and oxygen atoms in total. The zero-order chi connectivity index (χ0) is 31.0. The highest BCUT2D eigenvalue weighted by molar-refractivity contribution is 6.34. The fourth-order valence-electron chi connectivity index (χ4n) is 4.35. The fraction of sp³-hybridized carbons (Fsp3) is 0.286. The number of hydrogen-bond donors (Lipinski definition) is 6. The number of carbonyl (C=O) groups is 4. The second-order valence-corrected chi connectivity index (χ2v) is 9.86. The molecular weight excluding hydrogens is 581 g/mol. The number of aryl methyl sites for hydroxylation is 1. The molecule has 2 unspecified atom stereocenters. The van der Waals surface area contributed by atoms with Gasteiger partial charge >= 0.3 is 24.1 Å². The first kappa shape index (κ1) is 32.2. The van der Waals surface area contributed by atoms with E-state index in [4.69, 9.17) is 21.5 Å². The number of nitrogens with one attached hydrogen (secondary N) is 4. The van der Waals surface area contributed by atoms with E-state index in [2.05, 4.69) is 21.3 Å². The van der Waals surface area contributed by atoms with Crippen LogP contribution in [-0.4, -0.2) is 59.4 Å². The van der Waals surface area contributed by atoms with Crippen LogP contribution in [0.3, 0.4) is 0 Å². The number of urea groups is 1. The van der Waals surface area contributed by atoms with E-state index in [9.17, 15) is 32.7 Å². The number of hydrogen-bond acceptors (Lipinski definition) is 5. The van der Waals surface area contributed by atoms with Gasteiger partial charge in [-0.05, 0) is 60.8 Å². The predicted molar refractivity (Wildman–Crippen MR) is 151 cm³/mol. The van der Waals surface area contributed by atoms with Gasteiger partial charge in [-0.3, -0.25) is 4.79 Å². The Morgan fingerprint density at radius 1 is 1.00 bits per heavy atom. The van der Waals surface area contributed by atoms with Crippen LogP contribution in [0.5, 0.6) is 0 Å². The lowest BCUT2D eigenvalue weighted by Crippen LogP contribution is -2.50. The lowest BCUT2D eigenvalue weighted by atomic mass is 9.91. The minimum atomic E-state index is -5.08. The third-order valence-corrected chi connectivity index (χ3v) is 6.76. The normalized spacial score (nSPS) is 15.5. The van der Waals surface area contributed by atoms with Gasteiger partial charge in [0.1, 0.15) is 6.04 Å². The molecule has 0 bridgehead atoms. The number of halogens is 4. The van der Waals surface area contributed by atoms with Crippen molar-refractivity contribution in [2.45, 2.75) is 32.0 Å². The smallest absolute Gasteiger partial charge is 0.480 e. The average molecular weight is 609 g/mol. The summed E-state index contributed by atoms with van der Waals surface area (Å²) < 4.78 is 31.7. The number of alkyl halides is 3. The summed E-state index contributed by atoms with van der Waals surface area (Å²) in [6.45, 7) is 3.16. The van der Waals surface area contributed by atoms with Crippen LogP contribution in [0.15, 0.2) is 54.6 Å². The van der Waals surface area contributed by atoms with Crippen molar-refractivity contribution in [3.8, 4) is 0 Å². The van der Waals surface area contributed by atoms with Gasteiger partial charge in [0.25, 0.3) is 5.91 Å². The molecule has 1 fully saturated rings. The summed E-state index contributed by atoms with van der Waals surface area (Å²) in [6, 6.07) is 14.4. The molecule has 14 heteroatoms. The van der Waals surface area contributed by atoms with Crippen LogP contribution in [0.1, 0.15) is 28.8 Å². The van der Waals surface area contributed by atoms with Gasteiger partial charge in [-0.15, -0.1) is 0 Å². The van der Waals surface area contributed by atoms with E-state index < -0.39 is 36.1 Å². The molecule has 3 aromatic rings. The minimum absolute atomic E-state index is 0.171. The maximum atomic E-state index is 13.3. The number of piperidine rings is 1. The number of carboxylic acids is 2. The summed E-state index contributed by atoms with van der Waals surface area (Å²) in [6.07, 6.45) is -3.54. The van der Waals surface area contributed by atoms with E-state index in [0.717, 1.165) is 29.3 Å². The number of amides is 3. The van der Waals surface area contributed by atoms with Crippen molar-refractivity contribution in [1.29, 1.82) is 0 Å². The second-order valence-electron chi connectivity index (χ2n) is 9.45. The highest BCUT2D eigenvalue weighted by atomic mass is 35.5. The lowest BCUT2D eigenvalue weighted by Gasteiger charge is -2.29. The van der Waals surface area contributed by atoms with Crippen LogP contribution in [0.2, 0.25) is 5.02 Å². The van der Waals surface area contributed by atoms with Crippen LogP contribution in [-0.2, 0) is 9.59 Å². The topological polar surface area (TPSA) is 157 Å². The molecule has 224 valence electrons. The molecule has 1 saturated heterocycles. The maximum absolute atomic E-state index is 13.3. The van der Waals surface area contributed by atoms with Crippen molar-refractivity contribution < 1.29 is 42.6 Å². The van der Waals surface area contributed by atoms with Gasteiger partial charge in [-0.2, -0.15) is 13.2 Å². The zero-order valence-corrected chi connectivity index (χ0v) is 23.0. The highest BCUT2D eigenvalue weighted by Gasteiger charge is 2.38. The fourth-order valence-corrected chi connectivity index (χ4v) is 4.62. The van der Waals surface area contributed by atoms with Crippen LogP contribution < -0.4 is 21.3 Å². The summed E-state index contributed by atoms with van der Waals surface area (Å²) in [5.74, 6) is -4.65. The SMILES string of the molecule is Cc1cccc(Cl)c1NC(=O)Nc1cc2ccccc2cc1C(=O)NC(C(=O)O)C1CCCNC1.O=C(O)C(F)(F)F. The molecule has 0 aliphatic carbocycles. The summed E-state index contributed by atoms with van der Waals surface area (Å²) >= 11 is 6.23. The molecule has 1 heterocycles. The lowest BCUT2D eigenvalue weighted by molar-refractivity contribution is -0.192. The molecule has 3 amide bonds. The third-order valence-electron chi connectivity index (χ3n) is 6.44. The van der Waals surface area contributed by atoms with E-state index in [0.29, 0.717) is 23.7 Å². The van der Waals surface area contributed by atoms with Crippen LogP contribution in [0.25, 0.3) is 10.8 Å². The minimum Gasteiger partial charge on any atom is -0.480 e. The molecule has 1 aliphatic heterocycles. The Morgan fingerprint density at radius 2 is 1.64 bits per heavy atom. The molecule has 0 radical (unpaired) electrons. The van der Waals surface area contributed by atoms with Crippen molar-refractivity contribution in [3.05, 3.63) is 70.7 Å². The quantitative estimate of drug-likeness (QED) is 0.223. The van der Waals surface area contributed by atoms with E-state index in [1.807, 2.05) is 37.3 Å². The Bertz CT molecular complexity index is 1460. The first-order valence-corrected chi connectivity index (χ1v) is 13.1. The van der Waals surface area contributed by atoms with Crippen LogP contribution in [0, 0.1) is 12.8 Å². The number of rotatable bonds is 6. The van der Waals surface area contributed by atoms with Crippen LogP contribution in [0.4, 0.5) is 29.3 Å². The van der Waals surface area contributed by atoms with Gasteiger partial charge in [0, 0.05) is 12.5 Å². The van der Waals surface area contributed by atoms with Crippen molar-refractivity contribution in [1.82, 2.24) is 10.6 Å². The Labute approximate surface area is 243 Å². The Balaban J connectivity index is 0.000000616. The van der Waals surface area contributed by atoms with Crippen molar-refractivity contribution in [2.24, 2.45) is 5.92 Å². The Morgan fingerprint density at radius 3 is 2.19 bits per heavy atom. The Hall–Kier alpha value is -4.36. The molecule has 0 spiro atoms.